The van der Waals surface area contributed by atoms with Crippen LogP contribution < -0.4 is 4.90 Å². The van der Waals surface area contributed by atoms with Crippen molar-refractivity contribution in [3.63, 3.8) is 0 Å². The van der Waals surface area contributed by atoms with E-state index in [9.17, 15) is 9.59 Å². The highest BCUT2D eigenvalue weighted by molar-refractivity contribution is 9.10. The van der Waals surface area contributed by atoms with E-state index in [1.165, 1.54) is 6.08 Å². The first-order valence-corrected chi connectivity index (χ1v) is 5.34. The first-order valence-electron chi connectivity index (χ1n) is 4.55. The Balaban J connectivity index is 2.54. The van der Waals surface area contributed by atoms with Gasteiger partial charge >= 0.3 is 5.91 Å². The molecule has 1 amide bonds. The van der Waals surface area contributed by atoms with Gasteiger partial charge in [0.15, 0.2) is 6.29 Å². The van der Waals surface area contributed by atoms with Crippen LogP contribution in [0.25, 0.3) is 6.08 Å². The van der Waals surface area contributed by atoms with Gasteiger partial charge in [0.1, 0.15) is 12.2 Å². The number of benzene rings is 1. The Labute approximate surface area is 95.5 Å². The summed E-state index contributed by atoms with van der Waals surface area (Å²) in [5.41, 5.74) is 1.82. The highest BCUT2D eigenvalue weighted by Gasteiger charge is 2.26. The third kappa shape index (κ3) is 1.78. The largest absolute Gasteiger partial charge is 0.342 e. The molecule has 0 spiro atoms. The van der Waals surface area contributed by atoms with Crippen LogP contribution in [-0.4, -0.2) is 18.7 Å². The van der Waals surface area contributed by atoms with E-state index in [2.05, 4.69) is 15.9 Å². The second kappa shape index (κ2) is 4.08. The molecule has 0 bridgehead atoms. The lowest BCUT2D eigenvalue weighted by Crippen LogP contribution is -3.10. The fourth-order valence-electron chi connectivity index (χ4n) is 1.66. The van der Waals surface area contributed by atoms with E-state index >= 15 is 0 Å². The van der Waals surface area contributed by atoms with Gasteiger partial charge in [0, 0.05) is 16.6 Å². The summed E-state index contributed by atoms with van der Waals surface area (Å²) in [4.78, 5) is 22.6. The first kappa shape index (κ1) is 10.3. The van der Waals surface area contributed by atoms with Crippen LogP contribution in [0.3, 0.4) is 0 Å². The van der Waals surface area contributed by atoms with Crippen molar-refractivity contribution in [2.24, 2.45) is 0 Å². The summed E-state index contributed by atoms with van der Waals surface area (Å²) in [6.07, 6.45) is 4.04. The van der Waals surface area contributed by atoms with Crippen LogP contribution in [0.15, 0.2) is 28.7 Å². The van der Waals surface area contributed by atoms with Gasteiger partial charge in [-0.2, -0.15) is 0 Å². The van der Waals surface area contributed by atoms with Crippen molar-refractivity contribution >= 4 is 39.9 Å². The van der Waals surface area contributed by atoms with Crippen LogP contribution in [0.1, 0.15) is 5.56 Å². The van der Waals surface area contributed by atoms with Crippen molar-refractivity contribution in [1.82, 2.24) is 0 Å². The Morgan fingerprint density at radius 3 is 2.87 bits per heavy atom. The average molecular weight is 267 g/mol. The molecule has 0 saturated heterocycles. The summed E-state index contributed by atoms with van der Waals surface area (Å²) in [5, 5.41) is 0. The molecule has 4 heteroatoms. The maximum atomic E-state index is 11.6. The normalized spacial score (nSPS) is 18.7. The molecule has 0 saturated carbocycles. The predicted octanol–water partition coefficient (Wildman–Crippen LogP) is 0.718. The number of carbonyl (C=O) groups excluding carboxylic acids is 2. The van der Waals surface area contributed by atoms with Crippen molar-refractivity contribution < 1.29 is 14.5 Å². The van der Waals surface area contributed by atoms with E-state index < -0.39 is 0 Å². The van der Waals surface area contributed by atoms with Crippen LogP contribution in [0.4, 0.5) is 5.69 Å². The highest BCUT2D eigenvalue weighted by Crippen LogP contribution is 2.25. The number of halogens is 1. The molecule has 0 radical (unpaired) electrons. The molecule has 3 nitrogen and oxygen atoms in total. The number of hydrogen-bond acceptors (Lipinski definition) is 2. The van der Waals surface area contributed by atoms with Crippen molar-refractivity contribution in [2.45, 2.75) is 0 Å². The van der Waals surface area contributed by atoms with Crippen LogP contribution in [-0.2, 0) is 9.59 Å². The topological polar surface area (TPSA) is 38.6 Å². The number of rotatable bonds is 2. The van der Waals surface area contributed by atoms with E-state index in [1.54, 1.807) is 6.08 Å². The Bertz CT molecular complexity index is 454. The monoisotopic (exact) mass is 266 g/mol. The average Bonchev–Trinajstić information content (AvgIpc) is 2.23. The number of nitrogens with one attached hydrogen (secondary N) is 1. The van der Waals surface area contributed by atoms with E-state index in [4.69, 9.17) is 0 Å². The summed E-state index contributed by atoms with van der Waals surface area (Å²) in [6.45, 7) is 0.173. The zero-order valence-corrected chi connectivity index (χ0v) is 9.45. The molecular formula is C11H9BrNO2+. The summed E-state index contributed by atoms with van der Waals surface area (Å²) < 4.78 is 0.937. The number of amides is 1. The van der Waals surface area contributed by atoms with Gasteiger partial charge in [-0.25, -0.2) is 9.69 Å². The molecule has 1 N–H and O–H groups in total. The molecule has 15 heavy (non-hydrogen) atoms. The van der Waals surface area contributed by atoms with Gasteiger partial charge in [0.2, 0.25) is 0 Å². The Kier molecular flexibility index (Phi) is 2.79. The summed E-state index contributed by atoms with van der Waals surface area (Å²) in [7, 11) is 0. The van der Waals surface area contributed by atoms with Gasteiger partial charge in [-0.05, 0) is 28.1 Å². The number of hydrogen-bond donors (Lipinski definition) is 1. The van der Waals surface area contributed by atoms with Crippen molar-refractivity contribution in [3.8, 4) is 0 Å². The smallest absolute Gasteiger partial charge is 0.297 e. The summed E-state index contributed by atoms with van der Waals surface area (Å²) >= 11 is 3.42. The molecule has 1 aromatic carbocycles. The molecule has 2 rings (SSSR count). The van der Waals surface area contributed by atoms with Gasteiger partial charge in [-0.3, -0.25) is 4.79 Å². The van der Waals surface area contributed by atoms with Crippen molar-refractivity contribution in [1.29, 1.82) is 0 Å². The lowest BCUT2D eigenvalue weighted by molar-refractivity contribution is -0.735. The molecule has 1 heterocycles. The first-order chi connectivity index (χ1) is 7.24. The minimum absolute atomic E-state index is 0.0762. The second-order valence-corrected chi connectivity index (χ2v) is 4.10. The Morgan fingerprint density at radius 2 is 2.13 bits per heavy atom. The van der Waals surface area contributed by atoms with Gasteiger partial charge in [0.05, 0.1) is 5.56 Å². The molecule has 1 aliphatic rings. The molecule has 0 aliphatic carbocycles. The molecule has 0 aromatic heterocycles. The fraction of sp³-hybridized carbons (Fsp3) is 0.0909. The molecule has 76 valence electrons. The Hall–Kier alpha value is -1.26. The minimum atomic E-state index is -0.0762. The number of carbonyl (C=O) groups is 2. The minimum Gasteiger partial charge on any atom is -0.297 e. The quantitative estimate of drug-likeness (QED) is 0.802. The van der Waals surface area contributed by atoms with E-state index in [0.717, 1.165) is 22.0 Å². The van der Waals surface area contributed by atoms with E-state index in [-0.39, 0.29) is 12.5 Å². The summed E-state index contributed by atoms with van der Waals surface area (Å²) in [6, 6.07) is 5.64. The third-order valence-electron chi connectivity index (χ3n) is 2.36. The van der Waals surface area contributed by atoms with Gasteiger partial charge in [0.25, 0.3) is 0 Å². The van der Waals surface area contributed by atoms with Crippen LogP contribution in [0.2, 0.25) is 0 Å². The molecule has 1 unspecified atom stereocenters. The second-order valence-electron chi connectivity index (χ2n) is 3.25. The lowest BCUT2D eigenvalue weighted by atomic mass is 10.1. The van der Waals surface area contributed by atoms with Crippen molar-refractivity contribution in [2.75, 3.05) is 6.54 Å². The van der Waals surface area contributed by atoms with Crippen molar-refractivity contribution in [3.05, 3.63) is 34.3 Å². The number of quaternary nitrogens is 1. The zero-order chi connectivity index (χ0) is 10.8. The number of aldehydes is 1. The van der Waals surface area contributed by atoms with Crippen LogP contribution in [0, 0.1) is 0 Å². The third-order valence-corrected chi connectivity index (χ3v) is 3.06. The SMILES string of the molecule is O=CC[NH+]1C(=O)C=Cc2c(Br)cccc21. The summed E-state index contributed by atoms with van der Waals surface area (Å²) in [5.74, 6) is -0.0762. The molecular weight excluding hydrogens is 258 g/mol. The zero-order valence-electron chi connectivity index (χ0n) is 7.87. The van der Waals surface area contributed by atoms with E-state index in [0.29, 0.717) is 4.90 Å². The molecule has 1 aromatic rings. The molecule has 0 fully saturated rings. The number of fused-ring (bicyclic) bond motifs is 1. The van der Waals surface area contributed by atoms with Crippen LogP contribution in [0.5, 0.6) is 0 Å². The standard InChI is InChI=1S/C11H8BrNO2/c12-9-2-1-3-10-8(9)4-5-11(15)13(10)6-7-14/h1-5,7H,6H2/p+1. The maximum absolute atomic E-state index is 11.6. The van der Waals surface area contributed by atoms with E-state index in [1.807, 2.05) is 18.2 Å². The molecule has 1 aliphatic heterocycles. The van der Waals surface area contributed by atoms with Gasteiger partial charge in [-0.1, -0.05) is 6.07 Å². The maximum Gasteiger partial charge on any atom is 0.342 e. The van der Waals surface area contributed by atoms with Crippen LogP contribution >= 0.6 is 15.9 Å². The van der Waals surface area contributed by atoms with Gasteiger partial charge in [-0.15, -0.1) is 0 Å². The fourth-order valence-corrected chi connectivity index (χ4v) is 2.15. The predicted molar refractivity (Wildman–Crippen MR) is 59.7 cm³/mol. The highest BCUT2D eigenvalue weighted by atomic mass is 79.9. The lowest BCUT2D eigenvalue weighted by Gasteiger charge is -2.18. The Morgan fingerprint density at radius 1 is 1.33 bits per heavy atom. The van der Waals surface area contributed by atoms with Gasteiger partial charge < -0.3 is 0 Å². The molecule has 1 atom stereocenters.